The molecule has 0 N–H and O–H groups in total. The summed E-state index contributed by atoms with van der Waals surface area (Å²) in [6.07, 6.45) is 2.61. The van der Waals surface area contributed by atoms with Gasteiger partial charge in [0.1, 0.15) is 0 Å². The molecule has 0 spiro atoms. The summed E-state index contributed by atoms with van der Waals surface area (Å²) in [6, 6.07) is 20.2. The van der Waals surface area contributed by atoms with Crippen LogP contribution in [0.3, 0.4) is 0 Å². The van der Waals surface area contributed by atoms with E-state index in [0.717, 1.165) is 43.0 Å². The van der Waals surface area contributed by atoms with Crippen molar-refractivity contribution >= 4 is 18.4 Å². The van der Waals surface area contributed by atoms with E-state index in [4.69, 9.17) is 13.3 Å². The minimum atomic E-state index is -3.81. The van der Waals surface area contributed by atoms with Crippen molar-refractivity contribution < 1.29 is 21.8 Å². The largest absolute Gasteiger partial charge is 0.414 e. The number of benzene rings is 2. The third kappa shape index (κ3) is 10.3. The van der Waals surface area contributed by atoms with Crippen molar-refractivity contribution in [3.63, 3.8) is 0 Å². The molecule has 0 saturated heterocycles. The van der Waals surface area contributed by atoms with Crippen molar-refractivity contribution in [1.29, 1.82) is 0 Å². The monoisotopic (exact) mass is 548 g/mol. The maximum Gasteiger partial charge on any atom is 0.296 e. The minimum Gasteiger partial charge on any atom is -0.414 e. The highest BCUT2D eigenvalue weighted by atomic mass is 32.2. The maximum absolute atomic E-state index is 12.9. The molecule has 0 aromatic heterocycles. The Morgan fingerprint density at radius 1 is 0.838 bits per heavy atom. The van der Waals surface area contributed by atoms with Crippen LogP contribution < -0.4 is 0 Å². The molecule has 0 amide bonds. The van der Waals surface area contributed by atoms with E-state index in [1.807, 2.05) is 25.1 Å². The van der Waals surface area contributed by atoms with Gasteiger partial charge in [0.05, 0.1) is 24.2 Å². The Bertz CT molecular complexity index is 982. The third-order valence-corrected chi connectivity index (χ3v) is 13.6. The van der Waals surface area contributed by atoms with E-state index in [1.165, 1.54) is 5.56 Å². The third-order valence-electron chi connectivity index (χ3n) is 7.59. The molecule has 2 rings (SSSR count). The molecule has 2 aromatic rings. The van der Waals surface area contributed by atoms with E-state index in [-0.39, 0.29) is 23.5 Å². The highest BCUT2D eigenvalue weighted by Gasteiger charge is 2.35. The molecule has 0 unspecified atom stereocenters. The summed E-state index contributed by atoms with van der Waals surface area (Å²) in [5.74, 6) is 0.389. The van der Waals surface area contributed by atoms with Crippen LogP contribution in [0.25, 0.3) is 0 Å². The zero-order valence-electron chi connectivity index (χ0n) is 23.7. The van der Waals surface area contributed by atoms with Crippen molar-refractivity contribution in [2.45, 2.75) is 96.5 Å². The van der Waals surface area contributed by atoms with E-state index in [0.29, 0.717) is 19.1 Å². The smallest absolute Gasteiger partial charge is 0.296 e. The van der Waals surface area contributed by atoms with E-state index >= 15 is 0 Å². The van der Waals surface area contributed by atoms with Gasteiger partial charge in [-0.05, 0) is 67.9 Å². The minimum absolute atomic E-state index is 0.00851. The number of rotatable bonds is 18. The maximum atomic E-state index is 12.9. The van der Waals surface area contributed by atoms with Gasteiger partial charge in [0.25, 0.3) is 10.1 Å². The Kier molecular flexibility index (Phi) is 13.5. The molecule has 0 aliphatic heterocycles. The first-order chi connectivity index (χ1) is 17.7. The molecule has 37 heavy (non-hydrogen) atoms. The first-order valence-corrected chi connectivity index (χ1v) is 17.9. The molecule has 3 atom stereocenters. The normalized spacial score (nSPS) is 14.9. The van der Waals surface area contributed by atoms with Crippen LogP contribution in [0.15, 0.2) is 59.5 Å². The summed E-state index contributed by atoms with van der Waals surface area (Å²) in [6.45, 7) is 14.4. The Morgan fingerprint density at radius 3 is 2.03 bits per heavy atom. The summed E-state index contributed by atoms with van der Waals surface area (Å²) in [5, 5.41) is 0. The second kappa shape index (κ2) is 15.8. The Balaban J connectivity index is 2.05. The van der Waals surface area contributed by atoms with Gasteiger partial charge in [0, 0.05) is 12.5 Å². The van der Waals surface area contributed by atoms with Crippen LogP contribution in [-0.4, -0.2) is 36.1 Å². The SMILES string of the molecule is CC[C@@H](COS(=O)(=O)c1ccc(C)cc1)[C@H](CC[C@H](C)COCc1ccccc1)O[Si](CC)(CC)CC. The van der Waals surface area contributed by atoms with Crippen LogP contribution in [0, 0.1) is 18.8 Å². The van der Waals surface area contributed by atoms with Crippen LogP contribution >= 0.6 is 0 Å². The highest BCUT2D eigenvalue weighted by Crippen LogP contribution is 2.30. The molecule has 7 heteroatoms. The average Bonchev–Trinajstić information content (AvgIpc) is 2.91. The van der Waals surface area contributed by atoms with Gasteiger partial charge in [-0.1, -0.05) is 82.6 Å². The number of ether oxygens (including phenoxy) is 1. The molecule has 0 saturated carbocycles. The topological polar surface area (TPSA) is 61.8 Å². The number of hydrogen-bond donors (Lipinski definition) is 0. The predicted molar refractivity (Wildman–Crippen MR) is 155 cm³/mol. The molecule has 0 aliphatic carbocycles. The quantitative estimate of drug-likeness (QED) is 0.141. The lowest BCUT2D eigenvalue weighted by atomic mass is 9.93. The summed E-state index contributed by atoms with van der Waals surface area (Å²) in [5.41, 5.74) is 2.19. The fourth-order valence-corrected chi connectivity index (χ4v) is 8.55. The van der Waals surface area contributed by atoms with Crippen molar-refractivity contribution in [1.82, 2.24) is 0 Å². The predicted octanol–water partition coefficient (Wildman–Crippen LogP) is 7.75. The second-order valence-corrected chi connectivity index (χ2v) is 16.6. The van der Waals surface area contributed by atoms with E-state index < -0.39 is 18.4 Å². The van der Waals surface area contributed by atoms with Crippen LogP contribution in [0.4, 0.5) is 0 Å². The fourth-order valence-electron chi connectivity index (χ4n) is 4.63. The van der Waals surface area contributed by atoms with Crippen LogP contribution in [-0.2, 0) is 30.1 Å². The van der Waals surface area contributed by atoms with Gasteiger partial charge in [-0.25, -0.2) is 0 Å². The summed E-state index contributed by atoms with van der Waals surface area (Å²) >= 11 is 0. The van der Waals surface area contributed by atoms with Crippen LogP contribution in [0.2, 0.25) is 18.1 Å². The van der Waals surface area contributed by atoms with Crippen LogP contribution in [0.5, 0.6) is 0 Å². The highest BCUT2D eigenvalue weighted by molar-refractivity contribution is 7.86. The molecule has 0 radical (unpaired) electrons. The van der Waals surface area contributed by atoms with E-state index in [1.54, 1.807) is 24.3 Å². The molecule has 0 fully saturated rings. The van der Waals surface area contributed by atoms with Gasteiger partial charge in [-0.15, -0.1) is 0 Å². The standard InChI is InChI=1S/C30H48O5SSi/c1-7-28(24-34-36(31,32)29-19-16-25(5)17-20-29)30(35-37(8-2,9-3)10-4)21-18-26(6)22-33-23-27-14-12-11-13-15-27/h11-17,19-20,26,28,30H,7-10,18,21-24H2,1-6H3/t26-,28-,30-/m0/s1. The lowest BCUT2D eigenvalue weighted by Crippen LogP contribution is -2.43. The zero-order valence-corrected chi connectivity index (χ0v) is 25.6. The Hall–Kier alpha value is -1.51. The fraction of sp³-hybridized carbons (Fsp3) is 0.600. The van der Waals surface area contributed by atoms with Gasteiger partial charge in [0.15, 0.2) is 8.32 Å². The van der Waals surface area contributed by atoms with E-state index in [2.05, 4.69) is 46.8 Å². The van der Waals surface area contributed by atoms with Gasteiger partial charge in [-0.2, -0.15) is 8.42 Å². The second-order valence-electron chi connectivity index (χ2n) is 10.3. The Morgan fingerprint density at radius 2 is 1.46 bits per heavy atom. The molecular formula is C30H48O5SSi. The molecule has 2 aromatic carbocycles. The first kappa shape index (κ1) is 31.7. The van der Waals surface area contributed by atoms with Crippen molar-refractivity contribution in [3.05, 3.63) is 65.7 Å². The van der Waals surface area contributed by atoms with Crippen molar-refractivity contribution in [2.24, 2.45) is 11.8 Å². The zero-order chi connectivity index (χ0) is 27.3. The average molecular weight is 549 g/mol. The summed E-state index contributed by atoms with van der Waals surface area (Å²) in [4.78, 5) is 0.203. The lowest BCUT2D eigenvalue weighted by molar-refractivity contribution is 0.0577. The molecular weight excluding hydrogens is 500 g/mol. The van der Waals surface area contributed by atoms with Crippen molar-refractivity contribution in [3.8, 4) is 0 Å². The van der Waals surface area contributed by atoms with E-state index in [9.17, 15) is 8.42 Å². The lowest BCUT2D eigenvalue weighted by Gasteiger charge is -2.37. The molecule has 5 nitrogen and oxygen atoms in total. The molecule has 208 valence electrons. The number of hydrogen-bond acceptors (Lipinski definition) is 5. The summed E-state index contributed by atoms with van der Waals surface area (Å²) in [7, 11) is -5.69. The van der Waals surface area contributed by atoms with Gasteiger partial charge in [0.2, 0.25) is 0 Å². The summed E-state index contributed by atoms with van der Waals surface area (Å²) < 4.78 is 44.3. The van der Waals surface area contributed by atoms with Gasteiger partial charge >= 0.3 is 0 Å². The van der Waals surface area contributed by atoms with Crippen molar-refractivity contribution in [2.75, 3.05) is 13.2 Å². The molecule has 0 heterocycles. The molecule has 0 bridgehead atoms. The molecule has 0 aliphatic rings. The van der Waals surface area contributed by atoms with Crippen LogP contribution in [0.1, 0.15) is 65.0 Å². The van der Waals surface area contributed by atoms with Gasteiger partial charge < -0.3 is 9.16 Å². The Labute approximate surface area is 227 Å². The van der Waals surface area contributed by atoms with Gasteiger partial charge in [-0.3, -0.25) is 4.18 Å². The first-order valence-electron chi connectivity index (χ1n) is 13.9. The number of aryl methyl sites for hydroxylation is 1.